The highest BCUT2D eigenvalue weighted by Gasteiger charge is 2.27. The third kappa shape index (κ3) is 1.39. The van der Waals surface area contributed by atoms with Crippen LogP contribution in [0.25, 0.3) is 0 Å². The van der Waals surface area contributed by atoms with Crippen LogP contribution in [0.3, 0.4) is 0 Å². The van der Waals surface area contributed by atoms with Gasteiger partial charge in [0.25, 0.3) is 0 Å². The number of benzene rings is 1. The molecular weight excluding hydrogens is 172 g/mol. The molecule has 1 unspecified atom stereocenters. The summed E-state index contributed by atoms with van der Waals surface area (Å²) in [5.74, 6) is 0.625. The maximum absolute atomic E-state index is 11.5. The van der Waals surface area contributed by atoms with Crippen LogP contribution in [0.5, 0.6) is 0 Å². The standard InChI is InChI=1S/C13H14O/c1-9-10(2)13(14)8-12(9)11-6-4-3-5-7-11/h3-7,12H,8H2,1-2H3. The minimum atomic E-state index is 0.302. The Morgan fingerprint density at radius 2 is 1.79 bits per heavy atom. The lowest BCUT2D eigenvalue weighted by atomic mass is 9.93. The maximum Gasteiger partial charge on any atom is 0.159 e. The van der Waals surface area contributed by atoms with Gasteiger partial charge in [-0.15, -0.1) is 0 Å². The summed E-state index contributed by atoms with van der Waals surface area (Å²) in [6.07, 6.45) is 0.654. The van der Waals surface area contributed by atoms with Gasteiger partial charge in [-0.25, -0.2) is 0 Å². The van der Waals surface area contributed by atoms with E-state index in [1.807, 2.05) is 25.1 Å². The summed E-state index contributed by atoms with van der Waals surface area (Å²) in [4.78, 5) is 11.5. The van der Waals surface area contributed by atoms with Crippen molar-refractivity contribution in [2.75, 3.05) is 0 Å². The molecule has 0 aromatic heterocycles. The van der Waals surface area contributed by atoms with E-state index in [1.54, 1.807) is 0 Å². The Morgan fingerprint density at radius 1 is 1.14 bits per heavy atom. The lowest BCUT2D eigenvalue weighted by Crippen LogP contribution is -1.97. The number of rotatable bonds is 1. The minimum Gasteiger partial charge on any atom is -0.295 e. The summed E-state index contributed by atoms with van der Waals surface area (Å²) in [5, 5.41) is 0. The van der Waals surface area contributed by atoms with Gasteiger partial charge in [0, 0.05) is 12.3 Å². The molecule has 1 aromatic rings. The molecular formula is C13H14O. The number of allylic oxidation sites excluding steroid dienone is 2. The molecule has 2 rings (SSSR count). The second-order valence-corrected chi connectivity index (χ2v) is 3.90. The molecule has 0 bridgehead atoms. The van der Waals surface area contributed by atoms with E-state index in [1.165, 1.54) is 11.1 Å². The molecule has 14 heavy (non-hydrogen) atoms. The Labute approximate surface area is 84.5 Å². The van der Waals surface area contributed by atoms with Crippen molar-refractivity contribution in [1.82, 2.24) is 0 Å². The van der Waals surface area contributed by atoms with Crippen LogP contribution in [0, 0.1) is 0 Å². The maximum atomic E-state index is 11.5. The van der Waals surface area contributed by atoms with Gasteiger partial charge >= 0.3 is 0 Å². The first-order valence-corrected chi connectivity index (χ1v) is 4.95. The topological polar surface area (TPSA) is 17.1 Å². The second-order valence-electron chi connectivity index (χ2n) is 3.90. The van der Waals surface area contributed by atoms with E-state index < -0.39 is 0 Å². The summed E-state index contributed by atoms with van der Waals surface area (Å²) in [6.45, 7) is 4.00. The number of carbonyl (C=O) groups excluding carboxylic acids is 1. The lowest BCUT2D eigenvalue weighted by molar-refractivity contribution is -0.115. The zero-order chi connectivity index (χ0) is 10.1. The van der Waals surface area contributed by atoms with Crippen LogP contribution in [0.1, 0.15) is 31.7 Å². The smallest absolute Gasteiger partial charge is 0.159 e. The molecule has 1 atom stereocenters. The van der Waals surface area contributed by atoms with Crippen molar-refractivity contribution >= 4 is 5.78 Å². The normalized spacial score (nSPS) is 21.9. The fourth-order valence-electron chi connectivity index (χ4n) is 2.03. The van der Waals surface area contributed by atoms with E-state index in [0.717, 1.165) is 5.57 Å². The van der Waals surface area contributed by atoms with Crippen molar-refractivity contribution < 1.29 is 4.79 Å². The Bertz CT molecular complexity index is 387. The van der Waals surface area contributed by atoms with Crippen LogP contribution in [-0.4, -0.2) is 5.78 Å². The van der Waals surface area contributed by atoms with Gasteiger partial charge in [-0.05, 0) is 25.0 Å². The highest BCUT2D eigenvalue weighted by atomic mass is 16.1. The number of hydrogen-bond acceptors (Lipinski definition) is 1. The quantitative estimate of drug-likeness (QED) is 0.658. The number of carbonyl (C=O) groups is 1. The van der Waals surface area contributed by atoms with Gasteiger partial charge in [-0.1, -0.05) is 35.9 Å². The largest absolute Gasteiger partial charge is 0.295 e. The van der Waals surface area contributed by atoms with Crippen LogP contribution in [0.4, 0.5) is 0 Å². The van der Waals surface area contributed by atoms with E-state index in [2.05, 4.69) is 19.1 Å². The average molecular weight is 186 g/mol. The SMILES string of the molecule is CC1=C(C)C(c2ccccc2)CC1=O. The Hall–Kier alpha value is -1.37. The molecule has 1 aromatic carbocycles. The lowest BCUT2D eigenvalue weighted by Gasteiger charge is -2.10. The molecule has 0 fully saturated rings. The van der Waals surface area contributed by atoms with Gasteiger partial charge in [-0.2, -0.15) is 0 Å². The fraction of sp³-hybridized carbons (Fsp3) is 0.308. The van der Waals surface area contributed by atoms with Crippen molar-refractivity contribution in [3.05, 3.63) is 47.0 Å². The van der Waals surface area contributed by atoms with Gasteiger partial charge in [0.1, 0.15) is 0 Å². The van der Waals surface area contributed by atoms with E-state index in [4.69, 9.17) is 0 Å². The van der Waals surface area contributed by atoms with E-state index in [-0.39, 0.29) is 0 Å². The molecule has 1 aliphatic rings. The van der Waals surface area contributed by atoms with E-state index in [0.29, 0.717) is 18.1 Å². The molecule has 0 saturated carbocycles. The molecule has 0 saturated heterocycles. The number of hydrogen-bond donors (Lipinski definition) is 0. The Kier molecular flexibility index (Phi) is 2.24. The predicted octanol–water partition coefficient (Wildman–Crippen LogP) is 3.08. The first-order chi connectivity index (χ1) is 6.70. The van der Waals surface area contributed by atoms with Crippen molar-refractivity contribution in [3.8, 4) is 0 Å². The van der Waals surface area contributed by atoms with Crippen LogP contribution < -0.4 is 0 Å². The highest BCUT2D eigenvalue weighted by Crippen LogP contribution is 2.36. The third-order valence-electron chi connectivity index (χ3n) is 3.12. The minimum absolute atomic E-state index is 0.302. The van der Waals surface area contributed by atoms with Gasteiger partial charge in [0.15, 0.2) is 5.78 Å². The first-order valence-electron chi connectivity index (χ1n) is 4.95. The molecule has 0 heterocycles. The summed E-state index contributed by atoms with van der Waals surface area (Å²) in [6, 6.07) is 10.3. The Balaban J connectivity index is 2.36. The highest BCUT2D eigenvalue weighted by molar-refractivity contribution is 5.99. The zero-order valence-electron chi connectivity index (χ0n) is 8.58. The fourth-order valence-corrected chi connectivity index (χ4v) is 2.03. The zero-order valence-corrected chi connectivity index (χ0v) is 8.58. The molecule has 1 nitrogen and oxygen atoms in total. The van der Waals surface area contributed by atoms with Crippen molar-refractivity contribution in [2.45, 2.75) is 26.2 Å². The van der Waals surface area contributed by atoms with Crippen molar-refractivity contribution in [3.63, 3.8) is 0 Å². The molecule has 0 amide bonds. The number of ketones is 1. The van der Waals surface area contributed by atoms with Crippen LogP contribution >= 0.6 is 0 Å². The number of Topliss-reactive ketones (excluding diaryl/α,β-unsaturated/α-hetero) is 1. The van der Waals surface area contributed by atoms with Gasteiger partial charge < -0.3 is 0 Å². The second kappa shape index (κ2) is 3.41. The van der Waals surface area contributed by atoms with Gasteiger partial charge in [-0.3, -0.25) is 4.79 Å². The molecule has 72 valence electrons. The van der Waals surface area contributed by atoms with E-state index in [9.17, 15) is 4.79 Å². The average Bonchev–Trinajstić information content (AvgIpc) is 2.47. The first kappa shape index (κ1) is 9.20. The third-order valence-corrected chi connectivity index (χ3v) is 3.12. The monoisotopic (exact) mass is 186 g/mol. The van der Waals surface area contributed by atoms with Crippen molar-refractivity contribution in [2.24, 2.45) is 0 Å². The molecule has 0 aliphatic heterocycles. The van der Waals surface area contributed by atoms with E-state index >= 15 is 0 Å². The molecule has 1 aliphatic carbocycles. The van der Waals surface area contributed by atoms with Gasteiger partial charge in [0.2, 0.25) is 0 Å². The van der Waals surface area contributed by atoms with Crippen LogP contribution in [0.15, 0.2) is 41.5 Å². The molecule has 0 spiro atoms. The summed E-state index contributed by atoms with van der Waals surface area (Å²) in [5.41, 5.74) is 3.45. The van der Waals surface area contributed by atoms with Crippen molar-refractivity contribution in [1.29, 1.82) is 0 Å². The predicted molar refractivity (Wildman–Crippen MR) is 57.2 cm³/mol. The molecule has 1 heteroatoms. The van der Waals surface area contributed by atoms with Crippen LogP contribution in [-0.2, 0) is 4.79 Å². The Morgan fingerprint density at radius 3 is 2.29 bits per heavy atom. The summed E-state index contributed by atoms with van der Waals surface area (Å²) < 4.78 is 0. The molecule has 0 N–H and O–H groups in total. The molecule has 0 radical (unpaired) electrons. The summed E-state index contributed by atoms with van der Waals surface area (Å²) >= 11 is 0. The van der Waals surface area contributed by atoms with Crippen LogP contribution in [0.2, 0.25) is 0 Å². The van der Waals surface area contributed by atoms with Gasteiger partial charge in [0.05, 0.1) is 0 Å². The summed E-state index contributed by atoms with van der Waals surface area (Å²) in [7, 11) is 0.